The Hall–Kier alpha value is -2.39. The van der Waals surface area contributed by atoms with Crippen molar-refractivity contribution in [1.82, 2.24) is 20.2 Å². The Morgan fingerprint density at radius 1 is 1.38 bits per heavy atom. The van der Waals surface area contributed by atoms with E-state index in [4.69, 9.17) is 4.74 Å². The first-order chi connectivity index (χ1) is 11.7. The second-order valence-electron chi connectivity index (χ2n) is 4.78. The summed E-state index contributed by atoms with van der Waals surface area (Å²) in [6.45, 7) is 1.80. The second kappa shape index (κ2) is 7.45. The van der Waals surface area contributed by atoms with Gasteiger partial charge in [0, 0.05) is 17.1 Å². The molecule has 124 valence electrons. The number of rotatable bonds is 6. The van der Waals surface area contributed by atoms with Gasteiger partial charge in [0.15, 0.2) is 11.0 Å². The van der Waals surface area contributed by atoms with Crippen molar-refractivity contribution < 1.29 is 9.53 Å². The number of hydrogen-bond donors (Lipinski definition) is 2. The predicted octanol–water partition coefficient (Wildman–Crippen LogP) is 3.06. The van der Waals surface area contributed by atoms with E-state index in [0.29, 0.717) is 16.1 Å². The van der Waals surface area contributed by atoms with Crippen molar-refractivity contribution in [3.63, 3.8) is 0 Å². The summed E-state index contributed by atoms with van der Waals surface area (Å²) in [6.07, 6.45) is 1.65. The van der Waals surface area contributed by atoms with Gasteiger partial charge in [-0.15, -0.1) is 16.4 Å². The predicted molar refractivity (Wildman–Crippen MR) is 94.4 cm³/mol. The van der Waals surface area contributed by atoms with E-state index >= 15 is 0 Å². The molecule has 1 amide bonds. The molecule has 2 aromatic heterocycles. The lowest BCUT2D eigenvalue weighted by atomic mass is 10.2. The van der Waals surface area contributed by atoms with Crippen molar-refractivity contribution in [3.05, 3.63) is 35.8 Å². The zero-order chi connectivity index (χ0) is 16.9. The van der Waals surface area contributed by atoms with Crippen LogP contribution in [0.25, 0.3) is 11.4 Å². The highest BCUT2D eigenvalue weighted by Gasteiger charge is 2.18. The minimum absolute atomic E-state index is 0.134. The number of nitrogens with one attached hydrogen (secondary N) is 2. The molecule has 0 saturated heterocycles. The number of amides is 1. The smallest absolute Gasteiger partial charge is 0.239 e. The third-order valence-corrected chi connectivity index (χ3v) is 4.79. The Morgan fingerprint density at radius 2 is 2.17 bits per heavy atom. The highest BCUT2D eigenvalue weighted by atomic mass is 32.2. The molecule has 0 saturated carbocycles. The number of H-pyrrole nitrogens is 1. The van der Waals surface area contributed by atoms with E-state index in [9.17, 15) is 4.79 Å². The second-order valence-corrected chi connectivity index (χ2v) is 6.98. The largest absolute Gasteiger partial charge is 0.497 e. The molecule has 0 aliphatic rings. The van der Waals surface area contributed by atoms with Crippen LogP contribution in [0.15, 0.2) is 41.0 Å². The summed E-state index contributed by atoms with van der Waals surface area (Å²) >= 11 is 2.66. The minimum atomic E-state index is -0.339. The van der Waals surface area contributed by atoms with Gasteiger partial charge in [0.05, 0.1) is 12.4 Å². The van der Waals surface area contributed by atoms with Crippen LogP contribution in [0.5, 0.6) is 5.75 Å². The van der Waals surface area contributed by atoms with Crippen LogP contribution in [0, 0.1) is 0 Å². The lowest BCUT2D eigenvalue weighted by Crippen LogP contribution is -2.22. The van der Waals surface area contributed by atoms with E-state index in [0.717, 1.165) is 11.3 Å². The Labute approximate surface area is 146 Å². The Morgan fingerprint density at radius 3 is 2.83 bits per heavy atom. The van der Waals surface area contributed by atoms with Crippen LogP contribution in [-0.4, -0.2) is 38.4 Å². The molecule has 9 heteroatoms. The maximum absolute atomic E-state index is 12.1. The normalized spacial score (nSPS) is 11.9. The van der Waals surface area contributed by atoms with Crippen molar-refractivity contribution in [2.45, 2.75) is 17.3 Å². The van der Waals surface area contributed by atoms with Gasteiger partial charge in [0.2, 0.25) is 11.1 Å². The van der Waals surface area contributed by atoms with Gasteiger partial charge in [-0.1, -0.05) is 11.8 Å². The summed E-state index contributed by atoms with van der Waals surface area (Å²) in [5.41, 5.74) is 0.898. The SMILES string of the molecule is COc1ccc(-c2nc(S[C@H](C)C(=O)Nc3nccs3)n[nH]2)cc1. The molecule has 24 heavy (non-hydrogen) atoms. The average Bonchev–Trinajstić information content (AvgIpc) is 3.27. The third kappa shape index (κ3) is 3.92. The fraction of sp³-hybridized carbons (Fsp3) is 0.200. The van der Waals surface area contributed by atoms with E-state index < -0.39 is 0 Å². The summed E-state index contributed by atoms with van der Waals surface area (Å²) in [6, 6.07) is 7.50. The van der Waals surface area contributed by atoms with Crippen LogP contribution in [0.4, 0.5) is 5.13 Å². The van der Waals surface area contributed by atoms with Gasteiger partial charge in [-0.2, -0.15) is 0 Å². The van der Waals surface area contributed by atoms with Crippen LogP contribution in [0.1, 0.15) is 6.92 Å². The van der Waals surface area contributed by atoms with Gasteiger partial charge < -0.3 is 10.1 Å². The fourth-order valence-electron chi connectivity index (χ4n) is 1.88. The monoisotopic (exact) mass is 361 g/mol. The van der Waals surface area contributed by atoms with E-state index in [1.54, 1.807) is 20.2 Å². The van der Waals surface area contributed by atoms with Crippen molar-refractivity contribution in [2.24, 2.45) is 0 Å². The van der Waals surface area contributed by atoms with Gasteiger partial charge in [0.1, 0.15) is 5.75 Å². The first-order valence-corrected chi connectivity index (χ1v) is 8.85. The zero-order valence-corrected chi connectivity index (χ0v) is 14.6. The quantitative estimate of drug-likeness (QED) is 0.656. The van der Waals surface area contributed by atoms with Gasteiger partial charge in [-0.05, 0) is 31.2 Å². The van der Waals surface area contributed by atoms with Crippen LogP contribution >= 0.6 is 23.1 Å². The molecule has 3 rings (SSSR count). The lowest BCUT2D eigenvalue weighted by molar-refractivity contribution is -0.115. The highest BCUT2D eigenvalue weighted by Crippen LogP contribution is 2.25. The van der Waals surface area contributed by atoms with E-state index in [1.165, 1.54) is 23.1 Å². The first-order valence-electron chi connectivity index (χ1n) is 7.09. The van der Waals surface area contributed by atoms with Gasteiger partial charge in [-0.3, -0.25) is 9.89 Å². The summed E-state index contributed by atoms with van der Waals surface area (Å²) < 4.78 is 5.13. The molecule has 1 atom stereocenters. The van der Waals surface area contributed by atoms with E-state index in [-0.39, 0.29) is 11.2 Å². The molecule has 0 fully saturated rings. The number of aromatic amines is 1. The molecule has 0 aliphatic carbocycles. The molecular weight excluding hydrogens is 346 g/mol. The Balaban J connectivity index is 1.63. The van der Waals surface area contributed by atoms with Gasteiger partial charge >= 0.3 is 0 Å². The molecule has 0 spiro atoms. The summed E-state index contributed by atoms with van der Waals surface area (Å²) in [7, 11) is 1.62. The molecular formula is C15H15N5O2S2. The number of anilines is 1. The van der Waals surface area contributed by atoms with Crippen LogP contribution < -0.4 is 10.1 Å². The molecule has 1 aromatic carbocycles. The maximum Gasteiger partial charge on any atom is 0.239 e. The van der Waals surface area contributed by atoms with Crippen molar-refractivity contribution in [3.8, 4) is 17.1 Å². The number of thioether (sulfide) groups is 1. The molecule has 7 nitrogen and oxygen atoms in total. The topological polar surface area (TPSA) is 92.8 Å². The summed E-state index contributed by atoms with van der Waals surface area (Å²) in [4.78, 5) is 20.6. The van der Waals surface area contributed by atoms with Crippen LogP contribution in [-0.2, 0) is 4.79 Å². The fourth-order valence-corrected chi connectivity index (χ4v) is 3.14. The molecule has 2 heterocycles. The minimum Gasteiger partial charge on any atom is -0.497 e. The number of aromatic nitrogens is 4. The van der Waals surface area contributed by atoms with Crippen molar-refractivity contribution >= 4 is 34.1 Å². The lowest BCUT2D eigenvalue weighted by Gasteiger charge is -2.07. The standard InChI is InChI=1S/C15H15N5O2S2/c1-9(13(21)18-14-16-7-8-23-14)24-15-17-12(19-20-15)10-3-5-11(22-2)6-4-10/h3-9H,1-2H3,(H,16,18,21)(H,17,19,20)/t9-/m1/s1. The number of methoxy groups -OCH3 is 1. The number of carbonyl (C=O) groups is 1. The number of ether oxygens (including phenoxy) is 1. The summed E-state index contributed by atoms with van der Waals surface area (Å²) in [5.74, 6) is 1.29. The van der Waals surface area contributed by atoms with Gasteiger partial charge in [0.25, 0.3) is 0 Å². The van der Waals surface area contributed by atoms with Crippen molar-refractivity contribution in [1.29, 1.82) is 0 Å². The number of nitrogens with zero attached hydrogens (tertiary/aromatic N) is 3. The zero-order valence-electron chi connectivity index (χ0n) is 13.0. The average molecular weight is 361 g/mol. The molecule has 0 bridgehead atoms. The summed E-state index contributed by atoms with van der Waals surface area (Å²) in [5, 5.41) is 12.4. The molecule has 0 aliphatic heterocycles. The Kier molecular flexibility index (Phi) is 5.11. The third-order valence-electron chi connectivity index (χ3n) is 3.14. The van der Waals surface area contributed by atoms with Crippen LogP contribution in [0.3, 0.4) is 0 Å². The molecule has 3 aromatic rings. The maximum atomic E-state index is 12.1. The molecule has 2 N–H and O–H groups in total. The van der Waals surface area contributed by atoms with E-state index in [2.05, 4.69) is 25.5 Å². The highest BCUT2D eigenvalue weighted by molar-refractivity contribution is 8.00. The number of benzene rings is 1. The van der Waals surface area contributed by atoms with E-state index in [1.807, 2.05) is 29.6 Å². The first kappa shape index (κ1) is 16.5. The Bertz CT molecular complexity index is 802. The number of thiazole rings is 1. The van der Waals surface area contributed by atoms with Gasteiger partial charge in [-0.25, -0.2) is 9.97 Å². The number of hydrogen-bond acceptors (Lipinski definition) is 7. The molecule has 0 unspecified atom stereocenters. The molecule has 0 radical (unpaired) electrons. The number of carbonyl (C=O) groups excluding carboxylic acids is 1. The van der Waals surface area contributed by atoms with Crippen LogP contribution in [0.2, 0.25) is 0 Å². The van der Waals surface area contributed by atoms with Crippen molar-refractivity contribution in [2.75, 3.05) is 12.4 Å².